The van der Waals surface area contributed by atoms with Gasteiger partial charge in [-0.15, -0.1) is 0 Å². The van der Waals surface area contributed by atoms with E-state index in [1.165, 1.54) is 6.07 Å². The predicted octanol–water partition coefficient (Wildman–Crippen LogP) is 2.93. The molecule has 1 atom stereocenters. The van der Waals surface area contributed by atoms with E-state index in [4.69, 9.17) is 5.73 Å². The summed E-state index contributed by atoms with van der Waals surface area (Å²) in [5.74, 6) is 0.0982. The zero-order chi connectivity index (χ0) is 13.9. The third kappa shape index (κ3) is 4.18. The van der Waals surface area contributed by atoms with Crippen LogP contribution in [0.3, 0.4) is 0 Å². The Morgan fingerprint density at radius 3 is 2.61 bits per heavy atom. The van der Waals surface area contributed by atoms with Crippen molar-refractivity contribution < 1.29 is 9.50 Å². The maximum atomic E-state index is 13.2. The molecule has 0 radical (unpaired) electrons. The third-order valence-electron chi connectivity index (χ3n) is 2.84. The lowest BCUT2D eigenvalue weighted by Gasteiger charge is -2.26. The van der Waals surface area contributed by atoms with Gasteiger partial charge in [0.2, 0.25) is 0 Å². The van der Waals surface area contributed by atoms with Crippen molar-refractivity contribution in [1.29, 1.82) is 0 Å². The summed E-state index contributed by atoms with van der Waals surface area (Å²) >= 11 is 0. The summed E-state index contributed by atoms with van der Waals surface area (Å²) in [5, 5.41) is 13.3. The van der Waals surface area contributed by atoms with Crippen molar-refractivity contribution in [3.05, 3.63) is 23.5 Å². The minimum Gasteiger partial charge on any atom is -0.397 e. The maximum absolute atomic E-state index is 13.2. The van der Waals surface area contributed by atoms with E-state index in [2.05, 4.69) is 19.2 Å². The van der Waals surface area contributed by atoms with Crippen LogP contribution in [0, 0.1) is 18.7 Å². The number of aryl methyl sites for hydroxylation is 1. The van der Waals surface area contributed by atoms with Gasteiger partial charge in [0, 0.05) is 6.54 Å². The van der Waals surface area contributed by atoms with Crippen LogP contribution in [0.4, 0.5) is 15.8 Å². The fourth-order valence-electron chi connectivity index (χ4n) is 2.09. The molecule has 0 fully saturated rings. The van der Waals surface area contributed by atoms with Crippen LogP contribution in [0.5, 0.6) is 0 Å². The molecule has 4 heteroatoms. The molecule has 0 saturated heterocycles. The lowest BCUT2D eigenvalue weighted by molar-refractivity contribution is 0.0516. The van der Waals surface area contributed by atoms with Gasteiger partial charge in [-0.05, 0) is 43.9 Å². The molecular formula is C14H23FN2O. The number of hydrogen-bond acceptors (Lipinski definition) is 3. The Kier molecular flexibility index (Phi) is 4.57. The average molecular weight is 254 g/mol. The van der Waals surface area contributed by atoms with Crippen molar-refractivity contribution in [2.45, 2.75) is 39.7 Å². The van der Waals surface area contributed by atoms with Gasteiger partial charge in [0.05, 0.1) is 17.0 Å². The van der Waals surface area contributed by atoms with Crippen LogP contribution in [0.2, 0.25) is 0 Å². The van der Waals surface area contributed by atoms with Crippen LogP contribution in [0.15, 0.2) is 12.1 Å². The molecule has 1 aromatic rings. The van der Waals surface area contributed by atoms with Crippen molar-refractivity contribution in [1.82, 2.24) is 0 Å². The molecule has 0 aliphatic heterocycles. The maximum Gasteiger partial charge on any atom is 0.128 e. The summed E-state index contributed by atoms with van der Waals surface area (Å²) < 4.78 is 13.2. The Labute approximate surface area is 108 Å². The van der Waals surface area contributed by atoms with Crippen LogP contribution in [0.1, 0.15) is 32.8 Å². The number of hydrogen-bond donors (Lipinski definition) is 3. The van der Waals surface area contributed by atoms with Gasteiger partial charge in [0.15, 0.2) is 0 Å². The molecule has 1 rings (SSSR count). The smallest absolute Gasteiger partial charge is 0.128 e. The number of benzene rings is 1. The van der Waals surface area contributed by atoms with Crippen LogP contribution in [-0.2, 0) is 0 Å². The van der Waals surface area contributed by atoms with Crippen LogP contribution < -0.4 is 11.1 Å². The van der Waals surface area contributed by atoms with E-state index >= 15 is 0 Å². The monoisotopic (exact) mass is 254 g/mol. The zero-order valence-electron chi connectivity index (χ0n) is 11.5. The molecule has 4 N–H and O–H groups in total. The molecule has 0 heterocycles. The lowest BCUT2D eigenvalue weighted by Crippen LogP contribution is -2.35. The van der Waals surface area contributed by atoms with E-state index in [9.17, 15) is 9.50 Å². The first-order valence-corrected chi connectivity index (χ1v) is 6.23. The van der Waals surface area contributed by atoms with Gasteiger partial charge < -0.3 is 16.2 Å². The van der Waals surface area contributed by atoms with Gasteiger partial charge in [0.1, 0.15) is 5.82 Å². The molecule has 1 aromatic carbocycles. The standard InChI is InChI=1S/C14H23FN2O/c1-9(2)7-14(4,18)8-17-13-5-10(3)11(15)6-12(13)16/h5-6,9,17-18H,7-8,16H2,1-4H3. The zero-order valence-corrected chi connectivity index (χ0v) is 11.5. The molecule has 0 aliphatic rings. The first-order valence-electron chi connectivity index (χ1n) is 6.23. The topological polar surface area (TPSA) is 58.3 Å². The minimum absolute atomic E-state index is 0.313. The van der Waals surface area contributed by atoms with Gasteiger partial charge in [-0.2, -0.15) is 0 Å². The van der Waals surface area contributed by atoms with Crippen molar-refractivity contribution >= 4 is 11.4 Å². The predicted molar refractivity (Wildman–Crippen MR) is 74.1 cm³/mol. The van der Waals surface area contributed by atoms with Crippen LogP contribution in [-0.4, -0.2) is 17.3 Å². The highest BCUT2D eigenvalue weighted by molar-refractivity contribution is 5.67. The molecule has 1 unspecified atom stereocenters. The molecule has 0 amide bonds. The molecule has 0 bridgehead atoms. The number of nitrogens with two attached hydrogens (primary N) is 1. The summed E-state index contributed by atoms with van der Waals surface area (Å²) in [5.41, 5.74) is 6.50. The van der Waals surface area contributed by atoms with Gasteiger partial charge in [-0.25, -0.2) is 4.39 Å². The quantitative estimate of drug-likeness (QED) is 0.708. The normalized spacial score (nSPS) is 14.6. The summed E-state index contributed by atoms with van der Waals surface area (Å²) in [6, 6.07) is 2.96. The molecule has 102 valence electrons. The van der Waals surface area contributed by atoms with Crippen LogP contribution >= 0.6 is 0 Å². The Hall–Kier alpha value is -1.29. The third-order valence-corrected chi connectivity index (χ3v) is 2.84. The summed E-state index contributed by atoms with van der Waals surface area (Å²) in [6.45, 7) is 7.98. The van der Waals surface area contributed by atoms with Crippen molar-refractivity contribution in [3.63, 3.8) is 0 Å². The van der Waals surface area contributed by atoms with E-state index in [-0.39, 0.29) is 5.82 Å². The Balaban J connectivity index is 2.72. The summed E-state index contributed by atoms with van der Waals surface area (Å²) in [7, 11) is 0. The Morgan fingerprint density at radius 2 is 2.06 bits per heavy atom. The second-order valence-electron chi connectivity index (χ2n) is 5.64. The second kappa shape index (κ2) is 5.57. The molecule has 18 heavy (non-hydrogen) atoms. The van der Waals surface area contributed by atoms with Gasteiger partial charge in [0.25, 0.3) is 0 Å². The largest absolute Gasteiger partial charge is 0.397 e. The van der Waals surface area contributed by atoms with Crippen molar-refractivity contribution in [2.24, 2.45) is 5.92 Å². The minimum atomic E-state index is -0.803. The molecule has 0 saturated carbocycles. The highest BCUT2D eigenvalue weighted by atomic mass is 19.1. The number of rotatable bonds is 5. The highest BCUT2D eigenvalue weighted by Gasteiger charge is 2.21. The number of anilines is 2. The number of nitrogen functional groups attached to an aromatic ring is 1. The van der Waals surface area contributed by atoms with E-state index in [0.717, 1.165) is 0 Å². The lowest BCUT2D eigenvalue weighted by atomic mass is 9.94. The first kappa shape index (κ1) is 14.8. The summed E-state index contributed by atoms with van der Waals surface area (Å²) in [4.78, 5) is 0. The van der Waals surface area contributed by atoms with E-state index < -0.39 is 5.60 Å². The first-order chi connectivity index (χ1) is 8.21. The Bertz CT molecular complexity index is 417. The molecular weight excluding hydrogens is 231 g/mol. The van der Waals surface area contributed by atoms with E-state index in [1.54, 1.807) is 19.9 Å². The number of nitrogens with one attached hydrogen (secondary N) is 1. The fraction of sp³-hybridized carbons (Fsp3) is 0.571. The van der Waals surface area contributed by atoms with Crippen molar-refractivity contribution in [3.8, 4) is 0 Å². The summed E-state index contributed by atoms with van der Waals surface area (Å²) in [6.07, 6.45) is 0.695. The SMILES string of the molecule is Cc1cc(NCC(C)(O)CC(C)C)c(N)cc1F. The second-order valence-corrected chi connectivity index (χ2v) is 5.64. The van der Waals surface area contributed by atoms with Crippen LogP contribution in [0.25, 0.3) is 0 Å². The van der Waals surface area contributed by atoms with Gasteiger partial charge in [-0.1, -0.05) is 13.8 Å². The van der Waals surface area contributed by atoms with E-state index in [0.29, 0.717) is 35.8 Å². The molecule has 3 nitrogen and oxygen atoms in total. The fourth-order valence-corrected chi connectivity index (χ4v) is 2.09. The highest BCUT2D eigenvalue weighted by Crippen LogP contribution is 2.24. The van der Waals surface area contributed by atoms with Gasteiger partial charge >= 0.3 is 0 Å². The van der Waals surface area contributed by atoms with E-state index in [1.807, 2.05) is 0 Å². The molecule has 0 spiro atoms. The van der Waals surface area contributed by atoms with Crippen molar-refractivity contribution in [2.75, 3.05) is 17.6 Å². The average Bonchev–Trinajstić information content (AvgIpc) is 2.19. The number of halogens is 1. The van der Waals surface area contributed by atoms with Gasteiger partial charge in [-0.3, -0.25) is 0 Å². The Morgan fingerprint density at radius 1 is 1.44 bits per heavy atom. The molecule has 0 aliphatic carbocycles. The number of aliphatic hydroxyl groups is 1. The molecule has 0 aromatic heterocycles.